The average molecular weight is 197 g/mol. The summed E-state index contributed by atoms with van der Waals surface area (Å²) in [7, 11) is 0. The number of nitrogens with two attached hydrogens (primary N) is 1. The number of hydrogen-bond donors (Lipinski definition) is 3. The first-order chi connectivity index (χ1) is 6.81. The zero-order chi connectivity index (χ0) is 9.97. The lowest BCUT2D eigenvalue weighted by Gasteiger charge is -2.25. The zero-order valence-corrected chi connectivity index (χ0v) is 7.47. The van der Waals surface area contributed by atoms with E-state index in [-0.39, 0.29) is 11.5 Å². The molecule has 1 aromatic heterocycles. The Kier molecular flexibility index (Phi) is 2.21. The standard InChI is InChI=1S/C7H11N5O2/c8-6(10-13)5-7(12-14-11-5)9-4-2-1-3-4/h4,13H,1-3H2,(H2,8,10)(H,9,12). The second kappa shape index (κ2) is 3.52. The number of nitrogens with one attached hydrogen (secondary N) is 1. The largest absolute Gasteiger partial charge is 0.409 e. The van der Waals surface area contributed by atoms with E-state index >= 15 is 0 Å². The van der Waals surface area contributed by atoms with Crippen molar-refractivity contribution >= 4 is 11.7 Å². The van der Waals surface area contributed by atoms with Gasteiger partial charge in [-0.25, -0.2) is 4.63 Å². The van der Waals surface area contributed by atoms with E-state index in [1.165, 1.54) is 6.42 Å². The van der Waals surface area contributed by atoms with E-state index in [4.69, 9.17) is 10.9 Å². The smallest absolute Gasteiger partial charge is 0.202 e. The number of rotatable bonds is 3. The SMILES string of the molecule is N/C(=N\O)c1nonc1NC1CCC1. The van der Waals surface area contributed by atoms with Gasteiger partial charge in [-0.1, -0.05) is 5.16 Å². The lowest BCUT2D eigenvalue weighted by molar-refractivity contribution is 0.304. The van der Waals surface area contributed by atoms with E-state index in [1.54, 1.807) is 0 Å². The fourth-order valence-electron chi connectivity index (χ4n) is 1.24. The van der Waals surface area contributed by atoms with Gasteiger partial charge in [0.05, 0.1) is 0 Å². The van der Waals surface area contributed by atoms with E-state index < -0.39 is 0 Å². The van der Waals surface area contributed by atoms with Crippen molar-refractivity contribution in [3.63, 3.8) is 0 Å². The second-order valence-electron chi connectivity index (χ2n) is 3.22. The van der Waals surface area contributed by atoms with Crippen LogP contribution in [0.4, 0.5) is 5.82 Å². The minimum atomic E-state index is -0.104. The average Bonchev–Trinajstić information content (AvgIpc) is 2.58. The highest BCUT2D eigenvalue weighted by atomic mass is 16.6. The quantitative estimate of drug-likeness (QED) is 0.275. The first kappa shape index (κ1) is 8.79. The van der Waals surface area contributed by atoms with Crippen molar-refractivity contribution < 1.29 is 9.84 Å². The molecule has 1 saturated carbocycles. The Balaban J connectivity index is 2.12. The van der Waals surface area contributed by atoms with Crippen molar-refractivity contribution in [3.05, 3.63) is 5.69 Å². The molecule has 0 aliphatic heterocycles. The van der Waals surface area contributed by atoms with Crippen LogP contribution in [0.3, 0.4) is 0 Å². The Hall–Kier alpha value is -1.79. The summed E-state index contributed by atoms with van der Waals surface area (Å²) < 4.78 is 4.50. The summed E-state index contributed by atoms with van der Waals surface area (Å²) >= 11 is 0. The van der Waals surface area contributed by atoms with Crippen molar-refractivity contribution in [2.24, 2.45) is 10.9 Å². The van der Waals surface area contributed by atoms with Crippen molar-refractivity contribution in [2.75, 3.05) is 5.32 Å². The number of amidine groups is 1. The van der Waals surface area contributed by atoms with Crippen LogP contribution in [0.15, 0.2) is 9.78 Å². The number of hydrogen-bond acceptors (Lipinski definition) is 6. The third-order valence-electron chi connectivity index (χ3n) is 2.28. The molecule has 7 nitrogen and oxygen atoms in total. The molecule has 0 atom stereocenters. The summed E-state index contributed by atoms with van der Waals surface area (Å²) in [5.41, 5.74) is 5.62. The predicted molar refractivity (Wildman–Crippen MR) is 48.1 cm³/mol. The highest BCUT2D eigenvalue weighted by molar-refractivity contribution is 5.99. The molecule has 2 rings (SSSR count). The monoisotopic (exact) mass is 197 g/mol. The summed E-state index contributed by atoms with van der Waals surface area (Å²) in [6, 6.07) is 0.396. The molecule has 0 spiro atoms. The molecule has 0 amide bonds. The van der Waals surface area contributed by atoms with Crippen LogP contribution in [-0.4, -0.2) is 27.4 Å². The van der Waals surface area contributed by atoms with Gasteiger partial charge >= 0.3 is 0 Å². The normalized spacial score (nSPS) is 17.9. The molecule has 1 aromatic rings. The van der Waals surface area contributed by atoms with Gasteiger partial charge in [-0.3, -0.25) is 0 Å². The van der Waals surface area contributed by atoms with E-state index in [1.807, 2.05) is 0 Å². The predicted octanol–water partition coefficient (Wildman–Crippen LogP) is 0.128. The molecular formula is C7H11N5O2. The number of nitrogens with zero attached hydrogens (tertiary/aromatic N) is 3. The van der Waals surface area contributed by atoms with Crippen molar-refractivity contribution in [2.45, 2.75) is 25.3 Å². The lowest BCUT2D eigenvalue weighted by Crippen LogP contribution is -2.28. The maximum atomic E-state index is 8.46. The van der Waals surface area contributed by atoms with Gasteiger partial charge in [0.15, 0.2) is 11.5 Å². The molecule has 1 aliphatic carbocycles. The molecule has 0 saturated heterocycles. The van der Waals surface area contributed by atoms with Gasteiger partial charge in [0, 0.05) is 6.04 Å². The third-order valence-corrected chi connectivity index (χ3v) is 2.28. The van der Waals surface area contributed by atoms with Crippen LogP contribution < -0.4 is 11.1 Å². The molecule has 0 bridgehead atoms. The number of oxime groups is 1. The fourth-order valence-corrected chi connectivity index (χ4v) is 1.24. The van der Waals surface area contributed by atoms with Crippen LogP contribution in [0.25, 0.3) is 0 Å². The Morgan fingerprint density at radius 1 is 1.57 bits per heavy atom. The summed E-state index contributed by atoms with van der Waals surface area (Å²) in [5.74, 6) is 0.332. The molecule has 14 heavy (non-hydrogen) atoms. The molecule has 1 fully saturated rings. The van der Waals surface area contributed by atoms with Gasteiger partial charge in [-0.05, 0) is 29.6 Å². The lowest BCUT2D eigenvalue weighted by atomic mass is 9.93. The Morgan fingerprint density at radius 2 is 2.36 bits per heavy atom. The van der Waals surface area contributed by atoms with Gasteiger partial charge in [0.25, 0.3) is 0 Å². The van der Waals surface area contributed by atoms with Gasteiger partial charge in [0.2, 0.25) is 5.82 Å². The van der Waals surface area contributed by atoms with E-state index in [0.717, 1.165) is 12.8 Å². The third kappa shape index (κ3) is 1.48. The van der Waals surface area contributed by atoms with Gasteiger partial charge in [-0.15, -0.1) is 0 Å². The molecule has 0 radical (unpaired) electrons. The molecule has 1 heterocycles. The van der Waals surface area contributed by atoms with E-state index in [0.29, 0.717) is 11.9 Å². The Morgan fingerprint density at radius 3 is 2.93 bits per heavy atom. The maximum Gasteiger partial charge on any atom is 0.202 e. The molecule has 76 valence electrons. The van der Waals surface area contributed by atoms with Gasteiger partial charge in [0.1, 0.15) is 0 Å². The number of aromatic nitrogens is 2. The van der Waals surface area contributed by atoms with Gasteiger partial charge < -0.3 is 16.3 Å². The van der Waals surface area contributed by atoms with Crippen LogP contribution in [0.5, 0.6) is 0 Å². The molecule has 4 N–H and O–H groups in total. The van der Waals surface area contributed by atoms with Crippen LogP contribution in [0, 0.1) is 0 Å². The molecule has 0 aromatic carbocycles. The Bertz CT molecular complexity index is 344. The minimum absolute atomic E-state index is 0.104. The molecular weight excluding hydrogens is 186 g/mol. The Labute approximate surface area is 79.9 Å². The summed E-state index contributed by atoms with van der Waals surface area (Å²) in [5, 5.41) is 21.6. The van der Waals surface area contributed by atoms with Crippen molar-refractivity contribution in [1.29, 1.82) is 0 Å². The molecule has 0 unspecified atom stereocenters. The second-order valence-corrected chi connectivity index (χ2v) is 3.22. The van der Waals surface area contributed by atoms with Crippen LogP contribution in [0.1, 0.15) is 25.0 Å². The summed E-state index contributed by atoms with van der Waals surface area (Å²) in [6.07, 6.45) is 3.41. The fraction of sp³-hybridized carbons (Fsp3) is 0.571. The van der Waals surface area contributed by atoms with Crippen molar-refractivity contribution in [3.8, 4) is 0 Å². The number of anilines is 1. The van der Waals surface area contributed by atoms with Crippen LogP contribution in [0.2, 0.25) is 0 Å². The first-order valence-electron chi connectivity index (χ1n) is 4.38. The highest BCUT2D eigenvalue weighted by Crippen LogP contribution is 2.23. The van der Waals surface area contributed by atoms with Crippen molar-refractivity contribution in [1.82, 2.24) is 10.3 Å². The zero-order valence-electron chi connectivity index (χ0n) is 7.47. The summed E-state index contributed by atoms with van der Waals surface area (Å²) in [4.78, 5) is 0. The van der Waals surface area contributed by atoms with E-state index in [9.17, 15) is 0 Å². The van der Waals surface area contributed by atoms with E-state index in [2.05, 4.69) is 25.4 Å². The maximum absolute atomic E-state index is 8.46. The minimum Gasteiger partial charge on any atom is -0.409 e. The topological polar surface area (TPSA) is 110 Å². The van der Waals surface area contributed by atoms with Crippen LogP contribution >= 0.6 is 0 Å². The highest BCUT2D eigenvalue weighted by Gasteiger charge is 2.22. The summed E-state index contributed by atoms with van der Waals surface area (Å²) in [6.45, 7) is 0. The molecule has 7 heteroatoms. The molecule has 1 aliphatic rings. The van der Waals surface area contributed by atoms with Crippen LogP contribution in [-0.2, 0) is 0 Å². The first-order valence-corrected chi connectivity index (χ1v) is 4.38. The van der Waals surface area contributed by atoms with Gasteiger partial charge in [-0.2, -0.15) is 0 Å².